The van der Waals surface area contributed by atoms with Crippen LogP contribution >= 0.6 is 28.3 Å². The molecule has 0 aromatic carbocycles. The fourth-order valence-corrected chi connectivity index (χ4v) is 0.827. The lowest BCUT2D eigenvalue weighted by Crippen LogP contribution is -1.92. The Kier molecular flexibility index (Phi) is 5.15. The van der Waals surface area contributed by atoms with Gasteiger partial charge in [0.2, 0.25) is 5.88 Å². The van der Waals surface area contributed by atoms with Crippen molar-refractivity contribution >= 4 is 28.3 Å². The van der Waals surface area contributed by atoms with E-state index >= 15 is 0 Å². The molecule has 1 aromatic heterocycles. The molecule has 0 radical (unpaired) electrons. The number of halogens is 2. The summed E-state index contributed by atoms with van der Waals surface area (Å²) in [5.41, 5.74) is 0.904. The van der Waals surface area contributed by atoms with E-state index in [2.05, 4.69) is 26.1 Å². The summed E-state index contributed by atoms with van der Waals surface area (Å²) >= 11 is 3.26. The minimum absolute atomic E-state index is 0. The van der Waals surface area contributed by atoms with Crippen LogP contribution in [0, 0.1) is 0 Å². The number of aromatic nitrogens is 2. The summed E-state index contributed by atoms with van der Waals surface area (Å²) in [4.78, 5) is 0. The average molecular weight is 240 g/mol. The molecule has 0 aliphatic rings. The van der Waals surface area contributed by atoms with Crippen LogP contribution in [0.4, 0.5) is 0 Å². The second-order valence-electron chi connectivity index (χ2n) is 1.70. The summed E-state index contributed by atoms with van der Waals surface area (Å²) in [6, 6.07) is 3.64. The van der Waals surface area contributed by atoms with Crippen molar-refractivity contribution in [1.82, 2.24) is 10.2 Å². The molecular formula is C6H8BrClN2O. The van der Waals surface area contributed by atoms with Gasteiger partial charge in [-0.3, -0.25) is 0 Å². The van der Waals surface area contributed by atoms with Gasteiger partial charge in [0.1, 0.15) is 0 Å². The molecule has 1 heterocycles. The molecule has 5 heteroatoms. The third-order valence-electron chi connectivity index (χ3n) is 1.04. The van der Waals surface area contributed by atoms with Crippen molar-refractivity contribution in [3.05, 3.63) is 17.8 Å². The van der Waals surface area contributed by atoms with Gasteiger partial charge in [-0.1, -0.05) is 15.9 Å². The normalized spacial score (nSPS) is 8.55. The number of hydrogen-bond acceptors (Lipinski definition) is 3. The fraction of sp³-hybridized carbons (Fsp3) is 0.333. The quantitative estimate of drug-likeness (QED) is 0.738. The number of ether oxygens (including phenoxy) is 1. The highest BCUT2D eigenvalue weighted by atomic mass is 79.9. The molecule has 0 N–H and O–H groups in total. The van der Waals surface area contributed by atoms with Gasteiger partial charge < -0.3 is 4.74 Å². The van der Waals surface area contributed by atoms with Gasteiger partial charge in [-0.25, -0.2) is 0 Å². The van der Waals surface area contributed by atoms with Crippen molar-refractivity contribution in [3.8, 4) is 5.88 Å². The second kappa shape index (κ2) is 5.32. The van der Waals surface area contributed by atoms with Crippen LogP contribution in [0.5, 0.6) is 5.88 Å². The SMILES string of the molecule is COc1ccc(CBr)nn1.Cl. The second-order valence-corrected chi connectivity index (χ2v) is 2.26. The van der Waals surface area contributed by atoms with Gasteiger partial charge >= 0.3 is 0 Å². The van der Waals surface area contributed by atoms with Crippen molar-refractivity contribution in [2.45, 2.75) is 5.33 Å². The van der Waals surface area contributed by atoms with Crippen LogP contribution in [-0.4, -0.2) is 17.3 Å². The topological polar surface area (TPSA) is 35.0 Å². The molecule has 0 spiro atoms. The summed E-state index contributed by atoms with van der Waals surface area (Å²) in [5.74, 6) is 0.546. The smallest absolute Gasteiger partial charge is 0.233 e. The molecule has 11 heavy (non-hydrogen) atoms. The molecule has 0 saturated carbocycles. The maximum Gasteiger partial charge on any atom is 0.233 e. The van der Waals surface area contributed by atoms with Crippen LogP contribution in [-0.2, 0) is 5.33 Å². The number of hydrogen-bond donors (Lipinski definition) is 0. The molecule has 0 aliphatic heterocycles. The molecule has 0 aliphatic carbocycles. The molecule has 0 amide bonds. The van der Waals surface area contributed by atoms with Crippen LogP contribution in [0.3, 0.4) is 0 Å². The summed E-state index contributed by atoms with van der Waals surface area (Å²) in [7, 11) is 1.57. The Morgan fingerprint density at radius 1 is 1.45 bits per heavy atom. The highest BCUT2D eigenvalue weighted by molar-refractivity contribution is 9.08. The molecule has 0 fully saturated rings. The number of nitrogens with zero attached hydrogens (tertiary/aromatic N) is 2. The molecule has 0 saturated heterocycles. The third kappa shape index (κ3) is 3.03. The minimum atomic E-state index is 0. The monoisotopic (exact) mass is 238 g/mol. The highest BCUT2D eigenvalue weighted by Gasteiger charge is 1.93. The van der Waals surface area contributed by atoms with E-state index < -0.39 is 0 Å². The zero-order valence-corrected chi connectivity index (χ0v) is 8.35. The van der Waals surface area contributed by atoms with Crippen LogP contribution in [0.25, 0.3) is 0 Å². The molecule has 1 aromatic rings. The van der Waals surface area contributed by atoms with E-state index in [1.165, 1.54) is 0 Å². The van der Waals surface area contributed by atoms with Crippen molar-refractivity contribution in [2.24, 2.45) is 0 Å². The molecule has 1 rings (SSSR count). The van der Waals surface area contributed by atoms with E-state index in [1.54, 1.807) is 13.2 Å². The number of rotatable bonds is 2. The molecule has 0 unspecified atom stereocenters. The first-order chi connectivity index (χ1) is 4.86. The van der Waals surface area contributed by atoms with Gasteiger partial charge in [0, 0.05) is 11.4 Å². The Morgan fingerprint density at radius 2 is 2.18 bits per heavy atom. The van der Waals surface area contributed by atoms with Crippen molar-refractivity contribution in [2.75, 3.05) is 7.11 Å². The summed E-state index contributed by atoms with van der Waals surface area (Å²) in [6.07, 6.45) is 0. The fourth-order valence-electron chi connectivity index (χ4n) is 0.528. The van der Waals surface area contributed by atoms with Crippen LogP contribution in [0.2, 0.25) is 0 Å². The maximum atomic E-state index is 4.82. The van der Waals surface area contributed by atoms with E-state index in [0.29, 0.717) is 5.88 Å². The first-order valence-electron chi connectivity index (χ1n) is 2.79. The summed E-state index contributed by atoms with van der Waals surface area (Å²) in [5, 5.41) is 8.34. The zero-order chi connectivity index (χ0) is 7.40. The van der Waals surface area contributed by atoms with Gasteiger partial charge in [-0.2, -0.15) is 5.10 Å². The lowest BCUT2D eigenvalue weighted by atomic mass is 10.4. The predicted molar refractivity (Wildman–Crippen MR) is 48.5 cm³/mol. The van der Waals surface area contributed by atoms with Gasteiger partial charge in [-0.05, 0) is 6.07 Å². The Hall–Kier alpha value is -0.350. The highest BCUT2D eigenvalue weighted by Crippen LogP contribution is 2.05. The standard InChI is InChI=1S/C6H7BrN2O.ClH/c1-10-6-3-2-5(4-7)8-9-6;/h2-3H,4H2,1H3;1H. The maximum absolute atomic E-state index is 4.82. The van der Waals surface area contributed by atoms with Gasteiger partial charge in [0.05, 0.1) is 12.8 Å². The van der Waals surface area contributed by atoms with Crippen LogP contribution in [0.1, 0.15) is 5.69 Å². The predicted octanol–water partition coefficient (Wildman–Crippen LogP) is 1.80. The lowest BCUT2D eigenvalue weighted by Gasteiger charge is -1.96. The van der Waals surface area contributed by atoms with Gasteiger partial charge in [-0.15, -0.1) is 17.5 Å². The van der Waals surface area contributed by atoms with E-state index in [9.17, 15) is 0 Å². The molecular weight excluding hydrogens is 231 g/mol. The summed E-state index contributed by atoms with van der Waals surface area (Å²) in [6.45, 7) is 0. The lowest BCUT2D eigenvalue weighted by molar-refractivity contribution is 0.391. The largest absolute Gasteiger partial charge is 0.480 e. The first kappa shape index (κ1) is 10.7. The van der Waals surface area contributed by atoms with E-state index in [4.69, 9.17) is 4.74 Å². The van der Waals surface area contributed by atoms with Crippen LogP contribution < -0.4 is 4.74 Å². The van der Waals surface area contributed by atoms with Crippen molar-refractivity contribution < 1.29 is 4.74 Å². The molecule has 3 nitrogen and oxygen atoms in total. The van der Waals surface area contributed by atoms with E-state index in [0.717, 1.165) is 11.0 Å². The Bertz CT molecular complexity index is 181. The molecule has 62 valence electrons. The molecule has 0 bridgehead atoms. The van der Waals surface area contributed by atoms with E-state index in [1.807, 2.05) is 6.07 Å². The van der Waals surface area contributed by atoms with Crippen LogP contribution in [0.15, 0.2) is 12.1 Å². The van der Waals surface area contributed by atoms with Crippen molar-refractivity contribution in [3.63, 3.8) is 0 Å². The Labute approximate surface area is 79.7 Å². The number of methoxy groups -OCH3 is 1. The van der Waals surface area contributed by atoms with E-state index in [-0.39, 0.29) is 12.4 Å². The molecule has 0 atom stereocenters. The zero-order valence-electron chi connectivity index (χ0n) is 5.95. The van der Waals surface area contributed by atoms with Gasteiger partial charge in [0.15, 0.2) is 0 Å². The average Bonchev–Trinajstić information content (AvgIpc) is 2.05. The Morgan fingerprint density at radius 3 is 2.55 bits per heavy atom. The third-order valence-corrected chi connectivity index (χ3v) is 1.62. The number of alkyl halides is 1. The van der Waals surface area contributed by atoms with Gasteiger partial charge in [0.25, 0.3) is 0 Å². The Balaban J connectivity index is 0.000001000. The summed E-state index contributed by atoms with van der Waals surface area (Å²) < 4.78 is 4.82. The van der Waals surface area contributed by atoms with Crippen molar-refractivity contribution in [1.29, 1.82) is 0 Å². The first-order valence-corrected chi connectivity index (χ1v) is 3.91. The minimum Gasteiger partial charge on any atom is -0.480 e.